The first kappa shape index (κ1) is 15.8. The zero-order chi connectivity index (χ0) is 17.7. The van der Waals surface area contributed by atoms with Gasteiger partial charge in [-0.2, -0.15) is 0 Å². The number of nitrogens with one attached hydrogen (secondary N) is 3. The van der Waals surface area contributed by atoms with Crippen molar-refractivity contribution in [1.29, 1.82) is 5.41 Å². The lowest BCUT2D eigenvalue weighted by Crippen LogP contribution is -2.50. The first-order valence-electron chi connectivity index (χ1n) is 8.58. The van der Waals surface area contributed by atoms with Crippen LogP contribution in [0.2, 0.25) is 0 Å². The molecular formula is C18H18BrN7. The molecule has 0 radical (unpaired) electrons. The highest BCUT2D eigenvalue weighted by Crippen LogP contribution is 2.32. The van der Waals surface area contributed by atoms with E-state index in [1.54, 1.807) is 4.68 Å². The molecule has 0 bridgehead atoms. The number of nitrogens with zero attached hydrogens (tertiary/aromatic N) is 4. The molecule has 0 saturated carbocycles. The molecule has 0 amide bonds. The molecule has 1 aromatic carbocycles. The van der Waals surface area contributed by atoms with Crippen molar-refractivity contribution >= 4 is 32.7 Å². The molecule has 0 fully saturated rings. The lowest BCUT2D eigenvalue weighted by atomic mass is 10.1. The summed E-state index contributed by atoms with van der Waals surface area (Å²) in [4.78, 5) is 11.2. The van der Waals surface area contributed by atoms with Gasteiger partial charge in [0.1, 0.15) is 5.82 Å². The summed E-state index contributed by atoms with van der Waals surface area (Å²) in [5.74, 6) is 0.855. The average molecular weight is 412 g/mol. The van der Waals surface area contributed by atoms with E-state index in [2.05, 4.69) is 47.6 Å². The van der Waals surface area contributed by atoms with Gasteiger partial charge in [-0.15, -0.1) is 0 Å². The Kier molecular flexibility index (Phi) is 3.51. The fraction of sp³-hybridized carbons (Fsp3) is 0.278. The van der Waals surface area contributed by atoms with E-state index >= 15 is 0 Å². The van der Waals surface area contributed by atoms with E-state index in [9.17, 15) is 0 Å². The molecule has 4 heterocycles. The molecule has 3 N–H and O–H groups in total. The number of anilines is 1. The van der Waals surface area contributed by atoms with E-state index in [1.807, 2.05) is 36.5 Å². The van der Waals surface area contributed by atoms with Crippen molar-refractivity contribution in [3.05, 3.63) is 59.5 Å². The van der Waals surface area contributed by atoms with Gasteiger partial charge in [-0.3, -0.25) is 20.7 Å². The fourth-order valence-corrected chi connectivity index (χ4v) is 4.44. The zero-order valence-electron chi connectivity index (χ0n) is 14.0. The number of fused-ring (bicyclic) bond motifs is 4. The maximum atomic E-state index is 8.23. The third kappa shape index (κ3) is 2.57. The van der Waals surface area contributed by atoms with Gasteiger partial charge in [-0.1, -0.05) is 18.2 Å². The van der Waals surface area contributed by atoms with Crippen molar-refractivity contribution in [1.82, 2.24) is 19.5 Å². The molecule has 132 valence electrons. The number of para-hydroxylation sites is 1. The summed E-state index contributed by atoms with van der Waals surface area (Å²) in [6.45, 7) is 2.52. The highest BCUT2D eigenvalue weighted by molar-refractivity contribution is 9.10. The average Bonchev–Trinajstić information content (AvgIpc) is 3.00. The second-order valence-electron chi connectivity index (χ2n) is 6.74. The molecule has 0 aliphatic carbocycles. The Balaban J connectivity index is 1.43. The van der Waals surface area contributed by atoms with E-state index in [-0.39, 0.29) is 5.62 Å². The Morgan fingerprint density at radius 1 is 1.23 bits per heavy atom. The second kappa shape index (κ2) is 5.78. The molecule has 2 aliphatic heterocycles. The van der Waals surface area contributed by atoms with Crippen LogP contribution in [0.4, 0.5) is 5.82 Å². The minimum absolute atomic E-state index is 0.179. The van der Waals surface area contributed by atoms with Crippen LogP contribution in [0.25, 0.3) is 10.9 Å². The Hall–Kier alpha value is -2.45. The van der Waals surface area contributed by atoms with Crippen LogP contribution in [0.3, 0.4) is 0 Å². The molecule has 1 atom stereocenters. The molecule has 0 saturated heterocycles. The predicted octanol–water partition coefficient (Wildman–Crippen LogP) is 1.99. The Bertz CT molecular complexity index is 1060. The SMILES string of the molecule is N=c1nc2ccccc2c2n1NC(Br)(CN1CCc3cccnc3C1)N2. The van der Waals surface area contributed by atoms with E-state index < -0.39 is 4.57 Å². The molecule has 5 rings (SSSR count). The van der Waals surface area contributed by atoms with Crippen LogP contribution in [0, 0.1) is 5.41 Å². The lowest BCUT2D eigenvalue weighted by Gasteiger charge is -2.33. The number of hydrogen-bond acceptors (Lipinski definition) is 6. The summed E-state index contributed by atoms with van der Waals surface area (Å²) in [5, 5.41) is 12.7. The van der Waals surface area contributed by atoms with Gasteiger partial charge in [-0.05, 0) is 46.1 Å². The maximum Gasteiger partial charge on any atom is 0.243 e. The summed E-state index contributed by atoms with van der Waals surface area (Å²) in [6.07, 6.45) is 2.86. The molecule has 8 heteroatoms. The quantitative estimate of drug-likeness (QED) is 0.443. The van der Waals surface area contributed by atoms with Crippen LogP contribution in [0.15, 0.2) is 42.6 Å². The van der Waals surface area contributed by atoms with Gasteiger partial charge >= 0.3 is 0 Å². The van der Waals surface area contributed by atoms with Gasteiger partial charge in [0, 0.05) is 24.7 Å². The van der Waals surface area contributed by atoms with Crippen LogP contribution in [0.5, 0.6) is 0 Å². The molecule has 3 aromatic rings. The summed E-state index contributed by atoms with van der Waals surface area (Å²) in [6, 6.07) is 12.0. The van der Waals surface area contributed by atoms with Gasteiger partial charge in [-0.25, -0.2) is 9.66 Å². The third-order valence-electron chi connectivity index (χ3n) is 4.92. The van der Waals surface area contributed by atoms with Gasteiger partial charge in [0.05, 0.1) is 17.8 Å². The molecule has 2 aromatic heterocycles. The van der Waals surface area contributed by atoms with E-state index in [4.69, 9.17) is 5.41 Å². The van der Waals surface area contributed by atoms with Crippen LogP contribution in [0.1, 0.15) is 11.3 Å². The number of alkyl halides is 1. The Labute approximate surface area is 158 Å². The molecule has 26 heavy (non-hydrogen) atoms. The first-order chi connectivity index (χ1) is 12.6. The van der Waals surface area contributed by atoms with Gasteiger partial charge in [0.25, 0.3) is 0 Å². The standard InChI is InChI=1S/C18H18BrN7/c19-18(11-25-9-7-12-4-3-8-21-15(12)10-25)23-16-13-5-1-2-6-14(13)22-17(20)26(16)24-18/h1-6,8,20,23-24H,7,9-11H2. The largest absolute Gasteiger partial charge is 0.336 e. The number of hydrogen-bond donors (Lipinski definition) is 3. The monoisotopic (exact) mass is 411 g/mol. The maximum absolute atomic E-state index is 8.23. The summed E-state index contributed by atoms with van der Waals surface area (Å²) in [5.41, 5.74) is 6.82. The fourth-order valence-electron chi connectivity index (χ4n) is 3.72. The zero-order valence-corrected chi connectivity index (χ0v) is 15.6. The van der Waals surface area contributed by atoms with Crippen molar-refractivity contribution in [3.63, 3.8) is 0 Å². The summed E-state index contributed by atoms with van der Waals surface area (Å²) in [7, 11) is 0. The van der Waals surface area contributed by atoms with Crippen LogP contribution < -0.4 is 16.4 Å². The first-order valence-corrected chi connectivity index (χ1v) is 9.37. The highest BCUT2D eigenvalue weighted by Gasteiger charge is 2.37. The van der Waals surface area contributed by atoms with Crippen LogP contribution in [-0.2, 0) is 13.0 Å². The topological polar surface area (TPSA) is 81.9 Å². The van der Waals surface area contributed by atoms with E-state index in [0.717, 1.165) is 48.5 Å². The Morgan fingerprint density at radius 2 is 2.12 bits per heavy atom. The number of halogens is 1. The normalized spacial score (nSPS) is 21.7. The van der Waals surface area contributed by atoms with Crippen molar-refractivity contribution < 1.29 is 0 Å². The molecule has 0 spiro atoms. The summed E-state index contributed by atoms with van der Waals surface area (Å²) >= 11 is 3.81. The smallest absolute Gasteiger partial charge is 0.243 e. The molecule has 2 aliphatic rings. The van der Waals surface area contributed by atoms with Crippen molar-refractivity contribution in [2.75, 3.05) is 23.8 Å². The lowest BCUT2D eigenvalue weighted by molar-refractivity contribution is 0.238. The van der Waals surface area contributed by atoms with Crippen LogP contribution in [-0.4, -0.2) is 37.2 Å². The van der Waals surface area contributed by atoms with Crippen molar-refractivity contribution in [2.24, 2.45) is 0 Å². The van der Waals surface area contributed by atoms with Crippen LogP contribution >= 0.6 is 15.9 Å². The molecular weight excluding hydrogens is 394 g/mol. The van der Waals surface area contributed by atoms with Gasteiger partial charge in [0.2, 0.25) is 5.62 Å². The number of pyridine rings is 1. The minimum atomic E-state index is -0.562. The third-order valence-corrected chi connectivity index (χ3v) is 5.55. The number of rotatable bonds is 2. The number of aromatic nitrogens is 3. The van der Waals surface area contributed by atoms with Gasteiger partial charge in [0.15, 0.2) is 4.57 Å². The van der Waals surface area contributed by atoms with Gasteiger partial charge < -0.3 is 5.32 Å². The van der Waals surface area contributed by atoms with Crippen molar-refractivity contribution in [3.8, 4) is 0 Å². The Morgan fingerprint density at radius 3 is 3.04 bits per heavy atom. The highest BCUT2D eigenvalue weighted by atomic mass is 79.9. The molecule has 7 nitrogen and oxygen atoms in total. The molecule has 1 unspecified atom stereocenters. The van der Waals surface area contributed by atoms with E-state index in [1.165, 1.54) is 5.56 Å². The van der Waals surface area contributed by atoms with E-state index in [0.29, 0.717) is 0 Å². The van der Waals surface area contributed by atoms with Crippen molar-refractivity contribution in [2.45, 2.75) is 17.5 Å². The minimum Gasteiger partial charge on any atom is -0.336 e. The number of benzene rings is 1. The summed E-state index contributed by atoms with van der Waals surface area (Å²) < 4.78 is 1.14. The second-order valence-corrected chi connectivity index (χ2v) is 8.10. The predicted molar refractivity (Wildman–Crippen MR) is 103 cm³/mol.